The Balaban J connectivity index is 2.41. The van der Waals surface area contributed by atoms with E-state index >= 15 is 0 Å². The number of rotatable bonds is 9. The molecule has 1 N–H and O–H groups in total. The lowest BCUT2D eigenvalue weighted by Crippen LogP contribution is -2.26. The van der Waals surface area contributed by atoms with Gasteiger partial charge >= 0.3 is 0 Å². The van der Waals surface area contributed by atoms with Crippen molar-refractivity contribution in [2.24, 2.45) is 0 Å². The number of para-hydroxylation sites is 1. The van der Waals surface area contributed by atoms with Crippen LogP contribution in [0.1, 0.15) is 19.4 Å². The van der Waals surface area contributed by atoms with Crippen LogP contribution in [0.5, 0.6) is 5.75 Å². The van der Waals surface area contributed by atoms with Crippen molar-refractivity contribution in [1.29, 1.82) is 0 Å². The van der Waals surface area contributed by atoms with E-state index in [2.05, 4.69) is 36.8 Å². The van der Waals surface area contributed by atoms with Crippen LogP contribution >= 0.6 is 0 Å². The molecule has 1 rings (SSSR count). The third-order valence-electron chi connectivity index (χ3n) is 2.81. The average molecular weight is 262 g/mol. The van der Waals surface area contributed by atoms with E-state index in [1.165, 1.54) is 11.1 Å². The van der Waals surface area contributed by atoms with Crippen molar-refractivity contribution >= 4 is 0 Å². The van der Waals surface area contributed by atoms with Crippen LogP contribution in [0.4, 0.5) is 0 Å². The van der Waals surface area contributed by atoms with E-state index in [1.807, 2.05) is 25.1 Å². The fourth-order valence-corrected chi connectivity index (χ4v) is 1.90. The number of nitrogens with one attached hydrogen (secondary N) is 1. The second-order valence-corrected chi connectivity index (χ2v) is 4.93. The zero-order chi connectivity index (χ0) is 14.1. The summed E-state index contributed by atoms with van der Waals surface area (Å²) in [6.07, 6.45) is 0. The molecule has 1 aromatic rings. The molecular weight excluding hydrogens is 236 g/mol. The molecule has 3 heteroatoms. The number of hydrogen-bond acceptors (Lipinski definition) is 3. The predicted octanol–water partition coefficient (Wildman–Crippen LogP) is 2.68. The van der Waals surface area contributed by atoms with E-state index in [0.717, 1.165) is 31.9 Å². The number of ether oxygens (including phenoxy) is 1. The summed E-state index contributed by atoms with van der Waals surface area (Å²) in [4.78, 5) is 2.22. The van der Waals surface area contributed by atoms with Gasteiger partial charge in [0.05, 0.1) is 0 Å². The Bertz CT molecular complexity index is 390. The molecule has 0 bridgehead atoms. The molecule has 0 radical (unpaired) electrons. The summed E-state index contributed by atoms with van der Waals surface area (Å²) in [6, 6.07) is 8.20. The molecule has 0 saturated carbocycles. The second-order valence-electron chi connectivity index (χ2n) is 4.93. The van der Waals surface area contributed by atoms with Gasteiger partial charge in [-0.05, 0) is 26.6 Å². The van der Waals surface area contributed by atoms with Gasteiger partial charge in [0.2, 0.25) is 0 Å². The van der Waals surface area contributed by atoms with Gasteiger partial charge in [-0.1, -0.05) is 37.3 Å². The van der Waals surface area contributed by atoms with E-state index in [4.69, 9.17) is 4.74 Å². The molecule has 0 heterocycles. The maximum Gasteiger partial charge on any atom is 0.123 e. The molecule has 19 heavy (non-hydrogen) atoms. The molecular formula is C16H26N2O. The zero-order valence-electron chi connectivity index (χ0n) is 12.4. The number of nitrogens with zero attached hydrogens (tertiary/aromatic N) is 1. The van der Waals surface area contributed by atoms with Crippen LogP contribution < -0.4 is 10.1 Å². The Kier molecular flexibility index (Phi) is 7.23. The molecule has 1 aromatic carbocycles. The molecule has 0 saturated heterocycles. The first-order valence-corrected chi connectivity index (χ1v) is 6.87. The maximum absolute atomic E-state index is 5.88. The smallest absolute Gasteiger partial charge is 0.123 e. The molecule has 106 valence electrons. The molecule has 0 fully saturated rings. The van der Waals surface area contributed by atoms with E-state index in [9.17, 15) is 0 Å². The Morgan fingerprint density at radius 3 is 2.79 bits per heavy atom. The van der Waals surface area contributed by atoms with Crippen LogP contribution in [0.15, 0.2) is 36.4 Å². The van der Waals surface area contributed by atoms with Crippen LogP contribution in [0.2, 0.25) is 0 Å². The minimum atomic E-state index is 0.701. The SMILES string of the molecule is C=C(C)CN(C)CCOc1ccccc1CNCC. The third-order valence-corrected chi connectivity index (χ3v) is 2.81. The number of benzene rings is 1. The first-order valence-electron chi connectivity index (χ1n) is 6.87. The fraction of sp³-hybridized carbons (Fsp3) is 0.500. The molecule has 0 aliphatic carbocycles. The van der Waals surface area contributed by atoms with E-state index in [1.54, 1.807) is 0 Å². The Hall–Kier alpha value is -1.32. The van der Waals surface area contributed by atoms with Crippen LogP contribution in [-0.2, 0) is 6.54 Å². The van der Waals surface area contributed by atoms with E-state index in [-0.39, 0.29) is 0 Å². The molecule has 0 amide bonds. The Morgan fingerprint density at radius 2 is 2.11 bits per heavy atom. The highest BCUT2D eigenvalue weighted by Gasteiger charge is 2.03. The topological polar surface area (TPSA) is 24.5 Å². The highest BCUT2D eigenvalue weighted by molar-refractivity contribution is 5.33. The van der Waals surface area contributed by atoms with Gasteiger partial charge in [-0.2, -0.15) is 0 Å². The van der Waals surface area contributed by atoms with Crippen molar-refractivity contribution < 1.29 is 4.74 Å². The number of hydrogen-bond donors (Lipinski definition) is 1. The summed E-state index contributed by atoms with van der Waals surface area (Å²) in [5, 5.41) is 3.33. The maximum atomic E-state index is 5.88. The summed E-state index contributed by atoms with van der Waals surface area (Å²) in [5.74, 6) is 0.979. The Labute approximate surface area is 117 Å². The lowest BCUT2D eigenvalue weighted by molar-refractivity contribution is 0.245. The summed E-state index contributed by atoms with van der Waals surface area (Å²) in [7, 11) is 2.09. The van der Waals surface area contributed by atoms with Crippen molar-refractivity contribution in [2.75, 3.05) is 33.3 Å². The standard InChI is InChI=1S/C16H26N2O/c1-5-17-12-15-8-6-7-9-16(15)19-11-10-18(4)13-14(2)3/h6-9,17H,2,5,10-13H2,1,3-4H3. The summed E-state index contributed by atoms with van der Waals surface area (Å²) in [6.45, 7) is 12.4. The van der Waals surface area contributed by atoms with Crippen molar-refractivity contribution in [1.82, 2.24) is 10.2 Å². The first-order chi connectivity index (χ1) is 9.13. The monoisotopic (exact) mass is 262 g/mol. The minimum absolute atomic E-state index is 0.701. The van der Waals surface area contributed by atoms with Crippen molar-refractivity contribution in [3.8, 4) is 5.75 Å². The highest BCUT2D eigenvalue weighted by Crippen LogP contribution is 2.17. The van der Waals surface area contributed by atoms with Crippen LogP contribution in [0.25, 0.3) is 0 Å². The van der Waals surface area contributed by atoms with Crippen molar-refractivity contribution in [3.05, 3.63) is 42.0 Å². The predicted molar refractivity (Wildman–Crippen MR) is 81.6 cm³/mol. The van der Waals surface area contributed by atoms with Gasteiger partial charge < -0.3 is 10.1 Å². The van der Waals surface area contributed by atoms with Gasteiger partial charge in [0.25, 0.3) is 0 Å². The Morgan fingerprint density at radius 1 is 1.37 bits per heavy atom. The van der Waals surface area contributed by atoms with Gasteiger partial charge in [0, 0.05) is 25.2 Å². The van der Waals surface area contributed by atoms with Gasteiger partial charge in [0.1, 0.15) is 12.4 Å². The van der Waals surface area contributed by atoms with Gasteiger partial charge in [-0.25, -0.2) is 0 Å². The van der Waals surface area contributed by atoms with Crippen molar-refractivity contribution in [2.45, 2.75) is 20.4 Å². The molecule has 0 unspecified atom stereocenters. The zero-order valence-corrected chi connectivity index (χ0v) is 12.4. The summed E-state index contributed by atoms with van der Waals surface area (Å²) < 4.78 is 5.88. The van der Waals surface area contributed by atoms with Gasteiger partial charge in [0.15, 0.2) is 0 Å². The molecule has 0 aliphatic rings. The second kappa shape index (κ2) is 8.73. The molecule has 0 aliphatic heterocycles. The quantitative estimate of drug-likeness (QED) is 0.693. The molecule has 0 atom stereocenters. The number of likely N-dealkylation sites (N-methyl/N-ethyl adjacent to an activating group) is 1. The molecule has 3 nitrogen and oxygen atoms in total. The van der Waals surface area contributed by atoms with Gasteiger partial charge in [-0.3, -0.25) is 4.90 Å². The first kappa shape index (κ1) is 15.7. The third kappa shape index (κ3) is 6.41. The molecule has 0 spiro atoms. The highest BCUT2D eigenvalue weighted by atomic mass is 16.5. The average Bonchev–Trinajstić information content (AvgIpc) is 2.36. The normalized spacial score (nSPS) is 10.7. The minimum Gasteiger partial charge on any atom is -0.492 e. The van der Waals surface area contributed by atoms with Crippen LogP contribution in [0, 0.1) is 0 Å². The lowest BCUT2D eigenvalue weighted by Gasteiger charge is -2.18. The largest absolute Gasteiger partial charge is 0.492 e. The van der Waals surface area contributed by atoms with Crippen LogP contribution in [0.3, 0.4) is 0 Å². The summed E-state index contributed by atoms with van der Waals surface area (Å²) in [5.41, 5.74) is 2.39. The van der Waals surface area contributed by atoms with Crippen molar-refractivity contribution in [3.63, 3.8) is 0 Å². The fourth-order valence-electron chi connectivity index (χ4n) is 1.90. The van der Waals surface area contributed by atoms with E-state index in [0.29, 0.717) is 6.61 Å². The van der Waals surface area contributed by atoms with Crippen LogP contribution in [-0.4, -0.2) is 38.2 Å². The summed E-state index contributed by atoms with van der Waals surface area (Å²) >= 11 is 0. The van der Waals surface area contributed by atoms with Gasteiger partial charge in [-0.15, -0.1) is 0 Å². The molecule has 0 aromatic heterocycles. The lowest BCUT2D eigenvalue weighted by atomic mass is 10.2. The van der Waals surface area contributed by atoms with E-state index < -0.39 is 0 Å².